The van der Waals surface area contributed by atoms with Crippen LogP contribution in [0.25, 0.3) is 10.2 Å². The molecule has 1 unspecified atom stereocenters. The molecule has 1 aliphatic heterocycles. The minimum absolute atomic E-state index is 0.0703. The van der Waals surface area contributed by atoms with Crippen LogP contribution in [0, 0.1) is 0 Å². The standard InChI is InChI=1S/C26H30N4O6S2/c1-4-36-24(32)16-29-22-13-10-20(27-18(3)31)15-23(22)37-26(29)28-25(33)19-8-11-21(12-9-19)38(34,35)30-14-6-5-7-17(30)2/h8-13,15,17H,4-7,14,16H2,1-3H3,(H,27,31). The molecule has 0 radical (unpaired) electrons. The van der Waals surface area contributed by atoms with Crippen LogP contribution >= 0.6 is 11.3 Å². The number of ether oxygens (including phenoxy) is 1. The number of sulfonamides is 1. The number of piperidine rings is 1. The molecule has 12 heteroatoms. The average Bonchev–Trinajstić information content (AvgIpc) is 3.19. The third-order valence-corrected chi connectivity index (χ3v) is 9.31. The van der Waals surface area contributed by atoms with E-state index < -0.39 is 21.9 Å². The van der Waals surface area contributed by atoms with Crippen LogP contribution in [0.5, 0.6) is 0 Å². The summed E-state index contributed by atoms with van der Waals surface area (Å²) >= 11 is 1.19. The van der Waals surface area contributed by atoms with E-state index in [1.165, 1.54) is 46.8 Å². The molecule has 1 atom stereocenters. The maximum atomic E-state index is 13.1. The second-order valence-corrected chi connectivity index (χ2v) is 11.9. The van der Waals surface area contributed by atoms with Gasteiger partial charge in [-0.25, -0.2) is 8.42 Å². The molecule has 4 rings (SSSR count). The first-order chi connectivity index (χ1) is 18.1. The van der Waals surface area contributed by atoms with Gasteiger partial charge in [-0.3, -0.25) is 14.4 Å². The highest BCUT2D eigenvalue weighted by Gasteiger charge is 2.31. The van der Waals surface area contributed by atoms with Gasteiger partial charge in [-0.15, -0.1) is 0 Å². The molecule has 2 amide bonds. The minimum atomic E-state index is -3.66. The Labute approximate surface area is 225 Å². The van der Waals surface area contributed by atoms with Gasteiger partial charge in [-0.1, -0.05) is 17.8 Å². The summed E-state index contributed by atoms with van der Waals surface area (Å²) < 4.78 is 35.1. The van der Waals surface area contributed by atoms with Crippen molar-refractivity contribution >= 4 is 55.0 Å². The Hall–Kier alpha value is -3.35. The number of carbonyl (C=O) groups is 3. The lowest BCUT2D eigenvalue weighted by atomic mass is 10.1. The second-order valence-electron chi connectivity index (χ2n) is 9.04. The van der Waals surface area contributed by atoms with Crippen molar-refractivity contribution < 1.29 is 27.5 Å². The zero-order valence-corrected chi connectivity index (χ0v) is 23.1. The average molecular weight is 559 g/mol. The molecule has 1 fully saturated rings. The van der Waals surface area contributed by atoms with E-state index in [0.717, 1.165) is 19.3 Å². The van der Waals surface area contributed by atoms with E-state index in [4.69, 9.17) is 4.74 Å². The van der Waals surface area contributed by atoms with Crippen molar-refractivity contribution in [2.75, 3.05) is 18.5 Å². The van der Waals surface area contributed by atoms with E-state index >= 15 is 0 Å². The lowest BCUT2D eigenvalue weighted by Gasteiger charge is -2.32. The largest absolute Gasteiger partial charge is 0.465 e. The number of thiazole rings is 1. The number of anilines is 1. The first kappa shape index (κ1) is 27.7. The summed E-state index contributed by atoms with van der Waals surface area (Å²) in [6.07, 6.45) is 2.65. The van der Waals surface area contributed by atoms with Crippen LogP contribution in [-0.4, -0.2) is 54.3 Å². The zero-order chi connectivity index (χ0) is 27.4. The number of nitrogens with one attached hydrogen (secondary N) is 1. The zero-order valence-electron chi connectivity index (χ0n) is 21.5. The van der Waals surface area contributed by atoms with Crippen LogP contribution < -0.4 is 10.1 Å². The highest BCUT2D eigenvalue weighted by Crippen LogP contribution is 2.26. The van der Waals surface area contributed by atoms with Crippen LogP contribution in [-0.2, 0) is 30.9 Å². The third-order valence-electron chi connectivity index (χ3n) is 6.24. The van der Waals surface area contributed by atoms with Crippen LogP contribution in [0.15, 0.2) is 52.4 Å². The number of carbonyl (C=O) groups excluding carboxylic acids is 3. The summed E-state index contributed by atoms with van der Waals surface area (Å²) in [4.78, 5) is 41.5. The van der Waals surface area contributed by atoms with Gasteiger partial charge in [0.05, 0.1) is 21.7 Å². The fourth-order valence-corrected chi connectivity index (χ4v) is 7.18. The molecule has 1 N–H and O–H groups in total. The lowest BCUT2D eigenvalue weighted by Crippen LogP contribution is -2.41. The van der Waals surface area contributed by atoms with Gasteiger partial charge >= 0.3 is 5.97 Å². The molecule has 1 aliphatic rings. The molecule has 0 saturated carbocycles. The Morgan fingerprint density at radius 2 is 1.87 bits per heavy atom. The number of benzene rings is 2. The van der Waals surface area contributed by atoms with E-state index in [1.54, 1.807) is 29.7 Å². The van der Waals surface area contributed by atoms with Crippen molar-refractivity contribution in [3.8, 4) is 0 Å². The van der Waals surface area contributed by atoms with E-state index in [-0.39, 0.29) is 40.4 Å². The van der Waals surface area contributed by atoms with Gasteiger partial charge in [-0.2, -0.15) is 9.30 Å². The van der Waals surface area contributed by atoms with E-state index in [9.17, 15) is 22.8 Å². The van der Waals surface area contributed by atoms with Crippen molar-refractivity contribution in [2.45, 2.75) is 57.5 Å². The first-order valence-electron chi connectivity index (χ1n) is 12.4. The maximum Gasteiger partial charge on any atom is 0.326 e. The number of amides is 2. The highest BCUT2D eigenvalue weighted by molar-refractivity contribution is 7.89. The molecule has 2 aromatic carbocycles. The predicted molar refractivity (Wildman–Crippen MR) is 144 cm³/mol. The van der Waals surface area contributed by atoms with Gasteiger partial charge in [0.1, 0.15) is 6.54 Å². The number of fused-ring (bicyclic) bond motifs is 1. The Morgan fingerprint density at radius 3 is 2.53 bits per heavy atom. The fraction of sp³-hybridized carbons (Fsp3) is 0.385. The molecule has 1 aromatic heterocycles. The van der Waals surface area contributed by atoms with Crippen LogP contribution in [0.4, 0.5) is 5.69 Å². The molecule has 0 bridgehead atoms. The van der Waals surface area contributed by atoms with Crippen molar-refractivity contribution in [3.63, 3.8) is 0 Å². The lowest BCUT2D eigenvalue weighted by molar-refractivity contribution is -0.143. The van der Waals surface area contributed by atoms with Crippen molar-refractivity contribution in [1.82, 2.24) is 8.87 Å². The fourth-order valence-electron chi connectivity index (χ4n) is 4.41. The SMILES string of the molecule is CCOC(=O)Cn1c(=NC(=O)c2ccc(S(=O)(=O)N3CCCCC3C)cc2)sc2cc(NC(C)=O)ccc21. The number of hydrogen-bond acceptors (Lipinski definition) is 7. The van der Waals surface area contributed by atoms with Gasteiger partial charge in [-0.05, 0) is 69.2 Å². The maximum absolute atomic E-state index is 13.1. The summed E-state index contributed by atoms with van der Waals surface area (Å²) in [5.74, 6) is -1.28. The normalized spacial score (nSPS) is 16.9. The quantitative estimate of drug-likeness (QED) is 0.442. The summed E-state index contributed by atoms with van der Waals surface area (Å²) in [7, 11) is -3.66. The summed E-state index contributed by atoms with van der Waals surface area (Å²) in [5, 5.41) is 2.71. The molecular weight excluding hydrogens is 528 g/mol. The summed E-state index contributed by atoms with van der Waals surface area (Å²) in [6.45, 7) is 5.57. The van der Waals surface area contributed by atoms with Gasteiger partial charge < -0.3 is 14.6 Å². The van der Waals surface area contributed by atoms with E-state index in [2.05, 4.69) is 10.3 Å². The van der Waals surface area contributed by atoms with Crippen LogP contribution in [0.1, 0.15) is 50.4 Å². The van der Waals surface area contributed by atoms with Crippen molar-refractivity contribution in [3.05, 3.63) is 52.8 Å². The van der Waals surface area contributed by atoms with Crippen LogP contribution in [0.2, 0.25) is 0 Å². The molecule has 10 nitrogen and oxygen atoms in total. The van der Waals surface area contributed by atoms with E-state index in [1.807, 2.05) is 6.92 Å². The topological polar surface area (TPSA) is 127 Å². The Balaban J connectivity index is 1.68. The predicted octanol–water partition coefficient (Wildman–Crippen LogP) is 3.53. The Kier molecular flexibility index (Phi) is 8.44. The molecule has 202 valence electrons. The Morgan fingerprint density at radius 1 is 1.13 bits per heavy atom. The monoisotopic (exact) mass is 558 g/mol. The molecule has 0 spiro atoms. The minimum Gasteiger partial charge on any atom is -0.465 e. The summed E-state index contributed by atoms with van der Waals surface area (Å²) in [6, 6.07) is 10.9. The Bertz CT molecular complexity index is 1540. The smallest absolute Gasteiger partial charge is 0.326 e. The van der Waals surface area contributed by atoms with Crippen LogP contribution in [0.3, 0.4) is 0 Å². The number of aromatic nitrogens is 1. The highest BCUT2D eigenvalue weighted by atomic mass is 32.2. The van der Waals surface area contributed by atoms with Gasteiger partial charge in [0.25, 0.3) is 5.91 Å². The van der Waals surface area contributed by atoms with Crippen molar-refractivity contribution in [2.24, 2.45) is 4.99 Å². The number of esters is 1. The van der Waals surface area contributed by atoms with Gasteiger partial charge in [0, 0.05) is 30.8 Å². The molecule has 38 heavy (non-hydrogen) atoms. The summed E-state index contributed by atoms with van der Waals surface area (Å²) in [5.41, 5.74) is 1.45. The number of nitrogens with zero attached hydrogens (tertiary/aromatic N) is 3. The molecule has 0 aliphatic carbocycles. The third kappa shape index (κ3) is 6.03. The molecular formula is C26H30N4O6S2. The number of hydrogen-bond donors (Lipinski definition) is 1. The van der Waals surface area contributed by atoms with Gasteiger partial charge in [0.2, 0.25) is 15.9 Å². The van der Waals surface area contributed by atoms with E-state index in [0.29, 0.717) is 22.4 Å². The molecule has 1 saturated heterocycles. The number of rotatable bonds is 7. The molecule has 2 heterocycles. The first-order valence-corrected chi connectivity index (χ1v) is 14.6. The van der Waals surface area contributed by atoms with Crippen molar-refractivity contribution in [1.29, 1.82) is 0 Å². The second kappa shape index (κ2) is 11.6. The molecule has 3 aromatic rings. The van der Waals surface area contributed by atoms with Gasteiger partial charge in [0.15, 0.2) is 4.80 Å².